The lowest BCUT2D eigenvalue weighted by molar-refractivity contribution is -0.148. The van der Waals surface area contributed by atoms with Crippen molar-refractivity contribution in [2.45, 2.75) is 58.6 Å². The van der Waals surface area contributed by atoms with Crippen LogP contribution in [-0.4, -0.2) is 41.5 Å². The molecule has 21 heavy (non-hydrogen) atoms. The van der Waals surface area contributed by atoms with Crippen molar-refractivity contribution in [3.05, 3.63) is 0 Å². The van der Waals surface area contributed by atoms with E-state index in [-0.39, 0.29) is 23.9 Å². The lowest BCUT2D eigenvalue weighted by Gasteiger charge is -2.28. The van der Waals surface area contributed by atoms with Gasteiger partial charge < -0.3 is 20.2 Å². The smallest absolute Gasteiger partial charge is 0.410 e. The zero-order valence-corrected chi connectivity index (χ0v) is 13.4. The predicted molar refractivity (Wildman–Crippen MR) is 78.5 cm³/mol. The molecule has 1 aliphatic rings. The fourth-order valence-corrected chi connectivity index (χ4v) is 2.20. The van der Waals surface area contributed by atoms with Crippen LogP contribution in [0.2, 0.25) is 0 Å². The van der Waals surface area contributed by atoms with Gasteiger partial charge in [-0.3, -0.25) is 0 Å². The van der Waals surface area contributed by atoms with Gasteiger partial charge in [-0.2, -0.15) is 0 Å². The summed E-state index contributed by atoms with van der Waals surface area (Å²) in [5.41, 5.74) is 4.78. The Balaban J connectivity index is 2.52. The molecule has 0 bridgehead atoms. The zero-order chi connectivity index (χ0) is 16.2. The van der Waals surface area contributed by atoms with Gasteiger partial charge in [-0.05, 0) is 47.0 Å². The summed E-state index contributed by atoms with van der Waals surface area (Å²) in [4.78, 5) is 30.1. The van der Waals surface area contributed by atoms with Crippen molar-refractivity contribution in [3.63, 3.8) is 0 Å². The van der Waals surface area contributed by atoms with Crippen molar-refractivity contribution >= 4 is 17.9 Å². The highest BCUT2D eigenvalue weighted by atomic mass is 16.7. The molecule has 1 saturated carbocycles. The number of hydrogen-bond donors (Lipinski definition) is 1. The Morgan fingerprint density at radius 1 is 1.29 bits per heavy atom. The van der Waals surface area contributed by atoms with Gasteiger partial charge in [0.1, 0.15) is 11.4 Å². The molecule has 0 saturated heterocycles. The largest absolute Gasteiger partial charge is 0.444 e. The minimum Gasteiger partial charge on any atom is -0.444 e. The molecule has 0 aromatic carbocycles. The van der Waals surface area contributed by atoms with Crippen LogP contribution in [0.15, 0.2) is 5.16 Å². The van der Waals surface area contributed by atoms with Gasteiger partial charge in [0.2, 0.25) is 0 Å². The summed E-state index contributed by atoms with van der Waals surface area (Å²) in [5, 5.41) is 3.46. The van der Waals surface area contributed by atoms with E-state index in [4.69, 9.17) is 15.3 Å². The molecule has 0 aliphatic heterocycles. The van der Waals surface area contributed by atoms with E-state index in [1.165, 1.54) is 0 Å². The Bertz CT molecular complexity index is 424. The van der Waals surface area contributed by atoms with Gasteiger partial charge >= 0.3 is 12.1 Å². The maximum Gasteiger partial charge on any atom is 0.410 e. The molecule has 0 spiro atoms. The van der Waals surface area contributed by atoms with Crippen LogP contribution < -0.4 is 5.73 Å². The van der Waals surface area contributed by atoms with Gasteiger partial charge in [-0.25, -0.2) is 9.59 Å². The van der Waals surface area contributed by atoms with Gasteiger partial charge in [0, 0.05) is 13.1 Å². The average molecular weight is 299 g/mol. The van der Waals surface area contributed by atoms with Gasteiger partial charge in [-0.1, -0.05) is 5.16 Å². The topological polar surface area (TPSA) is 94.2 Å². The second-order valence-electron chi connectivity index (χ2n) is 6.40. The number of carbonyl (C=O) groups excluding carboxylic acids is 2. The van der Waals surface area contributed by atoms with Crippen molar-refractivity contribution in [3.8, 4) is 0 Å². The lowest BCUT2D eigenvalue weighted by atomic mass is 10.1. The average Bonchev–Trinajstić information content (AvgIpc) is 2.82. The molecule has 2 atom stereocenters. The van der Waals surface area contributed by atoms with Crippen LogP contribution in [-0.2, 0) is 14.4 Å². The molecule has 0 aromatic rings. The van der Waals surface area contributed by atoms with E-state index < -0.39 is 11.6 Å². The highest BCUT2D eigenvalue weighted by Gasteiger charge is 2.36. The first-order valence-corrected chi connectivity index (χ1v) is 7.07. The summed E-state index contributed by atoms with van der Waals surface area (Å²) >= 11 is 0. The quantitative estimate of drug-likeness (QED) is 0.371. The zero-order valence-electron chi connectivity index (χ0n) is 13.4. The fourth-order valence-electron chi connectivity index (χ4n) is 2.20. The van der Waals surface area contributed by atoms with E-state index in [0.717, 1.165) is 6.42 Å². The van der Waals surface area contributed by atoms with E-state index >= 15 is 0 Å². The molecule has 1 fully saturated rings. The predicted octanol–water partition coefficient (Wildman–Crippen LogP) is 1.86. The van der Waals surface area contributed by atoms with Crippen LogP contribution in [0.5, 0.6) is 0 Å². The second-order valence-corrected chi connectivity index (χ2v) is 6.40. The van der Waals surface area contributed by atoms with Crippen molar-refractivity contribution < 1.29 is 19.2 Å². The van der Waals surface area contributed by atoms with Crippen molar-refractivity contribution in [1.29, 1.82) is 0 Å². The number of amides is 1. The summed E-state index contributed by atoms with van der Waals surface area (Å²) < 4.78 is 5.32. The Kier molecular flexibility index (Phi) is 5.57. The standard InChI is InChI=1S/C14H25N3O4/c1-9(15)16-21-12(18)10-6-7-11(8-10)17(5)13(19)20-14(2,3)4/h10-11H,6-8H2,1-5H3,(H2,15,16)/t10-,11+/m0/s1. The second kappa shape index (κ2) is 6.78. The maximum atomic E-state index is 12.0. The number of oxime groups is 1. The monoisotopic (exact) mass is 299 g/mol. The molecule has 7 heteroatoms. The van der Waals surface area contributed by atoms with Crippen LogP contribution in [0.25, 0.3) is 0 Å². The van der Waals surface area contributed by atoms with Crippen LogP contribution in [0.4, 0.5) is 4.79 Å². The lowest BCUT2D eigenvalue weighted by Crippen LogP contribution is -2.39. The Morgan fingerprint density at radius 3 is 2.43 bits per heavy atom. The van der Waals surface area contributed by atoms with E-state index in [1.54, 1.807) is 18.9 Å². The summed E-state index contributed by atoms with van der Waals surface area (Å²) in [6.45, 7) is 7.00. The van der Waals surface area contributed by atoms with E-state index in [2.05, 4.69) is 5.16 Å². The third kappa shape index (κ3) is 5.61. The maximum absolute atomic E-state index is 12.0. The molecule has 1 aliphatic carbocycles. The molecule has 7 nitrogen and oxygen atoms in total. The Hall–Kier alpha value is -1.79. The van der Waals surface area contributed by atoms with Crippen molar-refractivity contribution in [2.24, 2.45) is 16.8 Å². The minimum atomic E-state index is -0.532. The number of carbonyl (C=O) groups is 2. The first kappa shape index (κ1) is 17.3. The molecular weight excluding hydrogens is 274 g/mol. The molecule has 1 rings (SSSR count). The number of ether oxygens (including phenoxy) is 1. The fraction of sp³-hybridized carbons (Fsp3) is 0.786. The molecule has 0 radical (unpaired) electrons. The molecule has 0 aromatic heterocycles. The van der Waals surface area contributed by atoms with Crippen LogP contribution in [0, 0.1) is 5.92 Å². The number of nitrogens with zero attached hydrogens (tertiary/aromatic N) is 2. The number of nitrogens with two attached hydrogens (primary N) is 1. The van der Waals surface area contributed by atoms with Crippen LogP contribution in [0.3, 0.4) is 0 Å². The van der Waals surface area contributed by atoms with E-state index in [1.807, 2.05) is 20.8 Å². The van der Waals surface area contributed by atoms with Crippen LogP contribution >= 0.6 is 0 Å². The van der Waals surface area contributed by atoms with Gasteiger partial charge in [0.15, 0.2) is 0 Å². The molecule has 2 N–H and O–H groups in total. The number of hydrogen-bond acceptors (Lipinski definition) is 5. The SMILES string of the molecule is C/C(N)=N\OC(=O)[C@H]1CC[C@@H](N(C)C(=O)OC(C)(C)C)C1. The van der Waals surface area contributed by atoms with Crippen molar-refractivity contribution in [1.82, 2.24) is 4.90 Å². The highest BCUT2D eigenvalue weighted by molar-refractivity contribution is 5.79. The Labute approximate surface area is 125 Å². The third-order valence-corrected chi connectivity index (χ3v) is 3.25. The molecule has 120 valence electrons. The first-order chi connectivity index (χ1) is 9.60. The minimum absolute atomic E-state index is 0.0275. The van der Waals surface area contributed by atoms with E-state index in [0.29, 0.717) is 12.8 Å². The molecular formula is C14H25N3O4. The van der Waals surface area contributed by atoms with Gasteiger partial charge in [0.05, 0.1) is 5.92 Å². The number of rotatable bonds is 3. The van der Waals surface area contributed by atoms with Gasteiger partial charge in [0.25, 0.3) is 0 Å². The molecule has 1 amide bonds. The normalized spacial score (nSPS) is 22.8. The van der Waals surface area contributed by atoms with Gasteiger partial charge in [-0.15, -0.1) is 0 Å². The summed E-state index contributed by atoms with van der Waals surface area (Å²) in [6, 6.07) is -0.0275. The summed E-state index contributed by atoms with van der Waals surface area (Å²) in [5.74, 6) is -0.466. The molecule has 0 unspecified atom stereocenters. The summed E-state index contributed by atoms with van der Waals surface area (Å²) in [6.07, 6.45) is 1.57. The molecule has 0 heterocycles. The highest BCUT2D eigenvalue weighted by Crippen LogP contribution is 2.30. The Morgan fingerprint density at radius 2 is 1.90 bits per heavy atom. The van der Waals surface area contributed by atoms with Crippen molar-refractivity contribution in [2.75, 3.05) is 7.05 Å². The summed E-state index contributed by atoms with van der Waals surface area (Å²) in [7, 11) is 1.69. The third-order valence-electron chi connectivity index (χ3n) is 3.25. The number of amidine groups is 1. The first-order valence-electron chi connectivity index (χ1n) is 7.07. The van der Waals surface area contributed by atoms with Crippen LogP contribution in [0.1, 0.15) is 47.0 Å². The van der Waals surface area contributed by atoms with E-state index in [9.17, 15) is 9.59 Å².